The third kappa shape index (κ3) is 3.03. The second-order valence-corrected chi connectivity index (χ2v) is 7.64. The second kappa shape index (κ2) is 6.06. The molecule has 2 aromatic rings. The molecule has 4 nitrogen and oxygen atoms in total. The average molecular weight is 327 g/mol. The maximum Gasteiger partial charge on any atom is 0.263 e. The first-order valence-electron chi connectivity index (χ1n) is 8.25. The lowest BCUT2D eigenvalue weighted by Gasteiger charge is -2.44. The highest BCUT2D eigenvalue weighted by Crippen LogP contribution is 2.29. The first kappa shape index (κ1) is 14.8. The number of thiazole rings is 1. The molecule has 4 heterocycles. The van der Waals surface area contributed by atoms with Crippen LogP contribution in [-0.2, 0) is 0 Å². The van der Waals surface area contributed by atoms with Gasteiger partial charge in [0, 0.05) is 18.2 Å². The Kier molecular flexibility index (Phi) is 3.91. The van der Waals surface area contributed by atoms with E-state index in [4.69, 9.17) is 0 Å². The van der Waals surface area contributed by atoms with Crippen molar-refractivity contribution in [1.82, 2.24) is 15.2 Å². The van der Waals surface area contributed by atoms with Gasteiger partial charge >= 0.3 is 0 Å². The number of aromatic nitrogens is 1. The molecule has 1 unspecified atom stereocenters. The second-order valence-electron chi connectivity index (χ2n) is 6.61. The molecule has 5 rings (SSSR count). The van der Waals surface area contributed by atoms with Crippen molar-refractivity contribution in [2.24, 2.45) is 5.92 Å². The average Bonchev–Trinajstić information content (AvgIpc) is 3.07. The van der Waals surface area contributed by atoms with Crippen LogP contribution in [0.1, 0.15) is 28.1 Å². The number of carbonyl (C=O) groups is 1. The molecule has 120 valence electrons. The third-order valence-electron chi connectivity index (χ3n) is 5.00. The van der Waals surface area contributed by atoms with Gasteiger partial charge in [0.15, 0.2) is 0 Å². The van der Waals surface area contributed by atoms with E-state index in [1.807, 2.05) is 0 Å². The summed E-state index contributed by atoms with van der Waals surface area (Å²) in [6, 6.07) is 8.56. The number of nitrogens with zero attached hydrogens (tertiary/aromatic N) is 2. The van der Waals surface area contributed by atoms with E-state index < -0.39 is 0 Å². The largest absolute Gasteiger partial charge is 0.347 e. The van der Waals surface area contributed by atoms with E-state index in [9.17, 15) is 4.79 Å². The Morgan fingerprint density at radius 3 is 2.65 bits per heavy atom. The summed E-state index contributed by atoms with van der Waals surface area (Å²) in [7, 11) is 0. The summed E-state index contributed by atoms with van der Waals surface area (Å²) in [5.41, 5.74) is 2.30. The summed E-state index contributed by atoms with van der Waals surface area (Å²) in [6.07, 6.45) is 4.13. The van der Waals surface area contributed by atoms with Crippen LogP contribution >= 0.6 is 11.3 Å². The molecule has 0 aliphatic carbocycles. The van der Waals surface area contributed by atoms with Crippen molar-refractivity contribution < 1.29 is 4.79 Å². The van der Waals surface area contributed by atoms with Gasteiger partial charge in [0.25, 0.3) is 5.91 Å². The first-order valence-corrected chi connectivity index (χ1v) is 9.07. The number of rotatable bonds is 3. The van der Waals surface area contributed by atoms with Crippen LogP contribution in [0.4, 0.5) is 0 Å². The quantitative estimate of drug-likeness (QED) is 0.943. The van der Waals surface area contributed by atoms with Gasteiger partial charge in [-0.1, -0.05) is 29.8 Å². The Bertz CT molecular complexity index is 701. The molecule has 5 heteroatoms. The molecule has 3 saturated heterocycles. The van der Waals surface area contributed by atoms with E-state index in [-0.39, 0.29) is 5.91 Å². The molecule has 1 atom stereocenters. The Morgan fingerprint density at radius 2 is 2.00 bits per heavy atom. The summed E-state index contributed by atoms with van der Waals surface area (Å²) in [6.45, 7) is 5.45. The molecule has 3 aliphatic rings. The lowest BCUT2D eigenvalue weighted by atomic mass is 9.84. The number of amides is 1. The molecule has 1 N–H and O–H groups in total. The maximum absolute atomic E-state index is 12.5. The fraction of sp³-hybridized carbons (Fsp3) is 0.444. The number of benzene rings is 1. The molecule has 3 fully saturated rings. The zero-order valence-corrected chi connectivity index (χ0v) is 14.1. The van der Waals surface area contributed by atoms with Gasteiger partial charge in [-0.25, -0.2) is 4.98 Å². The Labute approximate surface area is 140 Å². The SMILES string of the molecule is Cc1ccc(-c2ncc(C(=O)NC3CN4CCC3CC4)s2)cc1. The van der Waals surface area contributed by atoms with Crippen molar-refractivity contribution in [1.29, 1.82) is 0 Å². The summed E-state index contributed by atoms with van der Waals surface area (Å²) in [4.78, 5) is 20.1. The lowest BCUT2D eigenvalue weighted by Crippen LogP contribution is -2.57. The summed E-state index contributed by atoms with van der Waals surface area (Å²) < 4.78 is 0. The zero-order valence-electron chi connectivity index (χ0n) is 13.3. The number of nitrogens with one attached hydrogen (secondary N) is 1. The van der Waals surface area contributed by atoms with Gasteiger partial charge in [-0.05, 0) is 38.8 Å². The predicted octanol–water partition coefficient (Wildman–Crippen LogP) is 2.94. The topological polar surface area (TPSA) is 45.2 Å². The van der Waals surface area contributed by atoms with Crippen LogP contribution in [-0.4, -0.2) is 41.5 Å². The standard InChI is InChI=1S/C18H21N3OS/c1-12-2-4-14(5-3-12)18-19-10-16(23-18)17(22)20-15-11-21-8-6-13(15)7-9-21/h2-5,10,13,15H,6-9,11H2,1H3,(H,20,22). The van der Waals surface area contributed by atoms with Crippen molar-refractivity contribution in [2.45, 2.75) is 25.8 Å². The molecule has 0 spiro atoms. The van der Waals surface area contributed by atoms with Gasteiger partial charge in [0.05, 0.1) is 6.20 Å². The first-order chi connectivity index (χ1) is 11.2. The van der Waals surface area contributed by atoms with E-state index in [2.05, 4.69) is 46.4 Å². The van der Waals surface area contributed by atoms with Gasteiger partial charge in [0.1, 0.15) is 9.88 Å². The van der Waals surface area contributed by atoms with E-state index in [1.165, 1.54) is 42.8 Å². The van der Waals surface area contributed by atoms with Crippen LogP contribution < -0.4 is 5.32 Å². The highest BCUT2D eigenvalue weighted by atomic mass is 32.1. The molecular formula is C18H21N3OS. The van der Waals surface area contributed by atoms with Crippen molar-refractivity contribution in [3.63, 3.8) is 0 Å². The molecule has 0 radical (unpaired) electrons. The minimum Gasteiger partial charge on any atom is -0.347 e. The molecule has 23 heavy (non-hydrogen) atoms. The van der Waals surface area contributed by atoms with Gasteiger partial charge in [-0.3, -0.25) is 4.79 Å². The fourth-order valence-electron chi connectivity index (χ4n) is 3.58. The number of hydrogen-bond donors (Lipinski definition) is 1. The minimum absolute atomic E-state index is 0.0274. The van der Waals surface area contributed by atoms with E-state index in [0.29, 0.717) is 16.8 Å². The zero-order chi connectivity index (χ0) is 15.8. The monoisotopic (exact) mass is 327 g/mol. The van der Waals surface area contributed by atoms with Crippen molar-refractivity contribution in [3.05, 3.63) is 40.9 Å². The minimum atomic E-state index is 0.0274. The smallest absolute Gasteiger partial charge is 0.263 e. The Morgan fingerprint density at radius 1 is 1.26 bits per heavy atom. The van der Waals surface area contributed by atoms with Crippen LogP contribution in [0.25, 0.3) is 10.6 Å². The summed E-state index contributed by atoms with van der Waals surface area (Å²) in [5, 5.41) is 4.14. The maximum atomic E-state index is 12.5. The molecule has 1 aromatic heterocycles. The van der Waals surface area contributed by atoms with E-state index in [0.717, 1.165) is 17.1 Å². The molecular weight excluding hydrogens is 306 g/mol. The third-order valence-corrected chi connectivity index (χ3v) is 6.05. The molecule has 2 bridgehead atoms. The predicted molar refractivity (Wildman–Crippen MR) is 92.7 cm³/mol. The molecule has 3 aliphatic heterocycles. The normalized spacial score (nSPS) is 26.2. The van der Waals surface area contributed by atoms with Gasteiger partial charge in [0.2, 0.25) is 0 Å². The van der Waals surface area contributed by atoms with Gasteiger partial charge in [-0.2, -0.15) is 0 Å². The number of hydrogen-bond acceptors (Lipinski definition) is 4. The van der Waals surface area contributed by atoms with E-state index >= 15 is 0 Å². The number of carbonyl (C=O) groups excluding carboxylic acids is 1. The van der Waals surface area contributed by atoms with Gasteiger partial charge < -0.3 is 10.2 Å². The molecule has 0 saturated carbocycles. The van der Waals surface area contributed by atoms with Crippen LogP contribution in [0.15, 0.2) is 30.5 Å². The Hall–Kier alpha value is -1.72. The number of aryl methyl sites for hydroxylation is 1. The highest BCUT2D eigenvalue weighted by molar-refractivity contribution is 7.16. The Balaban J connectivity index is 1.46. The van der Waals surface area contributed by atoms with Crippen LogP contribution in [0, 0.1) is 12.8 Å². The molecule has 1 aromatic carbocycles. The molecule has 1 amide bonds. The van der Waals surface area contributed by atoms with Crippen molar-refractivity contribution >= 4 is 17.2 Å². The highest BCUT2D eigenvalue weighted by Gasteiger charge is 2.35. The number of fused-ring (bicyclic) bond motifs is 3. The van der Waals surface area contributed by atoms with Crippen LogP contribution in [0.5, 0.6) is 0 Å². The summed E-state index contributed by atoms with van der Waals surface area (Å²) in [5.74, 6) is 0.674. The van der Waals surface area contributed by atoms with Crippen molar-refractivity contribution in [3.8, 4) is 10.6 Å². The number of piperidine rings is 3. The van der Waals surface area contributed by atoms with E-state index in [1.54, 1.807) is 6.20 Å². The van der Waals surface area contributed by atoms with Crippen LogP contribution in [0.3, 0.4) is 0 Å². The summed E-state index contributed by atoms with van der Waals surface area (Å²) >= 11 is 1.47. The fourth-order valence-corrected chi connectivity index (χ4v) is 4.40. The lowest BCUT2D eigenvalue weighted by molar-refractivity contribution is 0.0622. The van der Waals surface area contributed by atoms with Crippen LogP contribution in [0.2, 0.25) is 0 Å². The van der Waals surface area contributed by atoms with Crippen molar-refractivity contribution in [2.75, 3.05) is 19.6 Å². The van der Waals surface area contributed by atoms with Gasteiger partial charge in [-0.15, -0.1) is 11.3 Å².